The molecular weight excluding hydrogens is 576 g/mol. The van der Waals surface area contributed by atoms with Crippen LogP contribution in [0.1, 0.15) is 74.5 Å². The first-order valence-corrected chi connectivity index (χ1v) is 15.6. The second-order valence-corrected chi connectivity index (χ2v) is 13.3. The Morgan fingerprint density at radius 2 is 1.39 bits per heavy atom. The zero-order chi connectivity index (χ0) is 33.3. The molecule has 0 aromatic heterocycles. The first-order chi connectivity index (χ1) is 21.8. The van der Waals surface area contributed by atoms with E-state index in [1.165, 1.54) is 5.56 Å². The Labute approximate surface area is 272 Å². The van der Waals surface area contributed by atoms with Crippen LogP contribution in [0.25, 0.3) is 11.1 Å². The summed E-state index contributed by atoms with van der Waals surface area (Å²) in [5, 5.41) is 3.27. The number of carbonyl (C=O) groups excluding carboxylic acids is 3. The molecule has 0 saturated carbocycles. The van der Waals surface area contributed by atoms with E-state index in [-0.39, 0.29) is 23.8 Å². The highest BCUT2D eigenvalue weighted by molar-refractivity contribution is 5.98. The zero-order valence-electron chi connectivity index (χ0n) is 27.3. The van der Waals surface area contributed by atoms with Crippen LogP contribution in [-0.4, -0.2) is 29.4 Å². The lowest BCUT2D eigenvalue weighted by Crippen LogP contribution is -2.51. The number of hydrogen-bond donors (Lipinski definition) is 2. The minimum atomic E-state index is -0.889. The van der Waals surface area contributed by atoms with E-state index in [2.05, 4.69) is 38.2 Å². The molecule has 1 atom stereocenters. The molecule has 0 unspecified atom stereocenters. The van der Waals surface area contributed by atoms with Gasteiger partial charge in [0, 0.05) is 12.0 Å². The second-order valence-electron chi connectivity index (χ2n) is 13.3. The monoisotopic (exact) mass is 620 g/mol. The molecule has 4 aromatic carbocycles. The standard InChI is InChI=1S/C39H44N2O5/c1-38(2,3)32-12-9-13-33(24-32)45-26-28-14-16-29(17-15-28)30-18-20-31(21-19-30)36(43)46-37(44)34(22-23-35(40)42)41-39(4,5)25-27-10-7-6-8-11-27/h6-21,24,34,41H,22-23,25-26H2,1-5H3,(H2,40,42)/t34-/m0/s1. The quantitative estimate of drug-likeness (QED) is 0.121. The summed E-state index contributed by atoms with van der Waals surface area (Å²) in [6, 6.07) is 32.1. The van der Waals surface area contributed by atoms with E-state index < -0.39 is 29.4 Å². The van der Waals surface area contributed by atoms with Gasteiger partial charge in [-0.3, -0.25) is 10.1 Å². The van der Waals surface area contributed by atoms with E-state index in [4.69, 9.17) is 15.2 Å². The van der Waals surface area contributed by atoms with Crippen LogP contribution in [0, 0.1) is 0 Å². The molecule has 0 spiro atoms. The smallest absolute Gasteiger partial charge is 0.345 e. The van der Waals surface area contributed by atoms with Gasteiger partial charge in [-0.05, 0) is 84.2 Å². The van der Waals surface area contributed by atoms with E-state index in [1.54, 1.807) is 12.1 Å². The molecule has 1 amide bonds. The number of esters is 2. The van der Waals surface area contributed by atoms with E-state index >= 15 is 0 Å². The Hall–Kier alpha value is -4.75. The van der Waals surface area contributed by atoms with Gasteiger partial charge in [0.2, 0.25) is 5.91 Å². The third-order valence-corrected chi connectivity index (χ3v) is 7.72. The lowest BCUT2D eigenvalue weighted by atomic mass is 9.87. The zero-order valence-corrected chi connectivity index (χ0v) is 27.3. The molecule has 4 aromatic rings. The molecule has 0 aliphatic carbocycles. The maximum absolute atomic E-state index is 13.1. The number of benzene rings is 4. The Kier molecular flexibility index (Phi) is 11.1. The molecule has 0 radical (unpaired) electrons. The molecule has 4 rings (SSSR count). The van der Waals surface area contributed by atoms with Gasteiger partial charge in [0.1, 0.15) is 18.4 Å². The summed E-state index contributed by atoms with van der Waals surface area (Å²) in [4.78, 5) is 37.6. The van der Waals surface area contributed by atoms with Crippen molar-refractivity contribution in [1.29, 1.82) is 0 Å². The van der Waals surface area contributed by atoms with E-state index in [1.807, 2.05) is 92.7 Å². The van der Waals surface area contributed by atoms with Gasteiger partial charge in [0.05, 0.1) is 5.56 Å². The molecule has 240 valence electrons. The maximum Gasteiger partial charge on any atom is 0.345 e. The van der Waals surface area contributed by atoms with Crippen molar-refractivity contribution in [3.63, 3.8) is 0 Å². The summed E-state index contributed by atoms with van der Waals surface area (Å²) in [7, 11) is 0. The third-order valence-electron chi connectivity index (χ3n) is 7.72. The van der Waals surface area contributed by atoms with Gasteiger partial charge in [-0.2, -0.15) is 0 Å². The van der Waals surface area contributed by atoms with Crippen molar-refractivity contribution in [3.8, 4) is 16.9 Å². The topological polar surface area (TPSA) is 108 Å². The number of ether oxygens (including phenoxy) is 2. The van der Waals surface area contributed by atoms with Crippen molar-refractivity contribution in [2.75, 3.05) is 0 Å². The van der Waals surface area contributed by atoms with Crippen LogP contribution in [0.5, 0.6) is 5.75 Å². The largest absolute Gasteiger partial charge is 0.489 e. The first-order valence-electron chi connectivity index (χ1n) is 15.6. The number of rotatable bonds is 13. The third kappa shape index (κ3) is 10.1. The highest BCUT2D eigenvalue weighted by Crippen LogP contribution is 2.27. The number of carbonyl (C=O) groups is 3. The van der Waals surface area contributed by atoms with Crippen molar-refractivity contribution in [2.45, 2.75) is 77.5 Å². The first kappa shape index (κ1) is 34.1. The van der Waals surface area contributed by atoms with Gasteiger partial charge in [0.25, 0.3) is 0 Å². The molecule has 46 heavy (non-hydrogen) atoms. The van der Waals surface area contributed by atoms with Crippen LogP contribution in [0.3, 0.4) is 0 Å². The van der Waals surface area contributed by atoms with Crippen LogP contribution >= 0.6 is 0 Å². The molecule has 0 fully saturated rings. The van der Waals surface area contributed by atoms with Crippen molar-refractivity contribution >= 4 is 17.8 Å². The van der Waals surface area contributed by atoms with Crippen molar-refractivity contribution in [2.24, 2.45) is 5.73 Å². The normalized spacial score (nSPS) is 12.3. The van der Waals surface area contributed by atoms with Crippen LogP contribution in [-0.2, 0) is 32.8 Å². The fourth-order valence-corrected chi connectivity index (χ4v) is 5.20. The highest BCUT2D eigenvalue weighted by Gasteiger charge is 2.30. The summed E-state index contributed by atoms with van der Waals surface area (Å²) in [6.07, 6.45) is 0.720. The summed E-state index contributed by atoms with van der Waals surface area (Å²) in [5.41, 5.74) is 10.4. The number of nitrogens with one attached hydrogen (secondary N) is 1. The number of hydrogen-bond acceptors (Lipinski definition) is 6. The van der Waals surface area contributed by atoms with Gasteiger partial charge in [-0.1, -0.05) is 99.6 Å². The fraction of sp³-hybridized carbons (Fsp3) is 0.308. The van der Waals surface area contributed by atoms with Gasteiger partial charge in [0.15, 0.2) is 0 Å². The SMILES string of the molecule is CC(C)(Cc1ccccc1)N[C@@H](CCC(N)=O)C(=O)OC(=O)c1ccc(-c2ccc(COc3cccc(C(C)(C)C)c3)cc2)cc1. The van der Waals surface area contributed by atoms with Crippen molar-refractivity contribution in [3.05, 3.63) is 125 Å². The Morgan fingerprint density at radius 1 is 0.761 bits per heavy atom. The van der Waals surface area contributed by atoms with Gasteiger partial charge in [-0.25, -0.2) is 9.59 Å². The molecule has 0 bridgehead atoms. The molecule has 0 saturated heterocycles. The molecule has 3 N–H and O–H groups in total. The average molecular weight is 621 g/mol. The summed E-state index contributed by atoms with van der Waals surface area (Å²) >= 11 is 0. The van der Waals surface area contributed by atoms with E-state index in [0.717, 1.165) is 28.0 Å². The summed E-state index contributed by atoms with van der Waals surface area (Å²) in [5.74, 6) is -1.21. The lowest BCUT2D eigenvalue weighted by Gasteiger charge is -2.31. The van der Waals surface area contributed by atoms with Crippen LogP contribution < -0.4 is 15.8 Å². The minimum absolute atomic E-state index is 0.0215. The highest BCUT2D eigenvalue weighted by atomic mass is 16.6. The van der Waals surface area contributed by atoms with Crippen LogP contribution in [0.15, 0.2) is 103 Å². The lowest BCUT2D eigenvalue weighted by molar-refractivity contribution is -0.141. The van der Waals surface area contributed by atoms with Crippen molar-refractivity contribution < 1.29 is 23.9 Å². The summed E-state index contributed by atoms with van der Waals surface area (Å²) < 4.78 is 11.3. The van der Waals surface area contributed by atoms with Gasteiger partial charge in [-0.15, -0.1) is 0 Å². The Morgan fingerprint density at radius 3 is 2.00 bits per heavy atom. The average Bonchev–Trinajstić information content (AvgIpc) is 3.02. The van der Waals surface area contributed by atoms with E-state index in [9.17, 15) is 14.4 Å². The molecule has 0 aliphatic rings. The maximum atomic E-state index is 13.1. The predicted octanol–water partition coefficient (Wildman–Crippen LogP) is 7.16. The predicted molar refractivity (Wildman–Crippen MR) is 181 cm³/mol. The molecule has 0 heterocycles. The van der Waals surface area contributed by atoms with Gasteiger partial charge < -0.3 is 15.2 Å². The Bertz CT molecular complexity index is 1620. The Balaban J connectivity index is 1.35. The van der Waals surface area contributed by atoms with Crippen molar-refractivity contribution in [1.82, 2.24) is 5.32 Å². The van der Waals surface area contributed by atoms with Crippen LogP contribution in [0.4, 0.5) is 0 Å². The second kappa shape index (κ2) is 15.0. The molecular formula is C39H44N2O5. The number of nitrogens with two attached hydrogens (primary N) is 1. The summed E-state index contributed by atoms with van der Waals surface area (Å²) in [6.45, 7) is 10.9. The number of amides is 1. The van der Waals surface area contributed by atoms with Crippen LogP contribution in [0.2, 0.25) is 0 Å². The van der Waals surface area contributed by atoms with Gasteiger partial charge >= 0.3 is 11.9 Å². The fourth-order valence-electron chi connectivity index (χ4n) is 5.20. The molecule has 7 nitrogen and oxygen atoms in total. The molecule has 0 aliphatic heterocycles. The number of primary amides is 1. The molecule has 7 heteroatoms. The van der Waals surface area contributed by atoms with E-state index in [0.29, 0.717) is 13.0 Å². The minimum Gasteiger partial charge on any atom is -0.489 e.